The van der Waals surface area contributed by atoms with Crippen LogP contribution in [0.2, 0.25) is 5.02 Å². The van der Waals surface area contributed by atoms with Crippen LogP contribution in [0.4, 0.5) is 5.69 Å². The molecule has 26 heavy (non-hydrogen) atoms. The largest absolute Gasteiger partial charge is 0.368 e. The highest BCUT2D eigenvalue weighted by molar-refractivity contribution is 6.30. The predicted molar refractivity (Wildman–Crippen MR) is 97.8 cm³/mol. The van der Waals surface area contributed by atoms with Crippen LogP contribution in [0.5, 0.6) is 0 Å². The van der Waals surface area contributed by atoms with E-state index < -0.39 is 6.10 Å². The summed E-state index contributed by atoms with van der Waals surface area (Å²) in [5.41, 5.74) is 2.07. The lowest BCUT2D eigenvalue weighted by molar-refractivity contribution is -0.124. The van der Waals surface area contributed by atoms with Gasteiger partial charge in [-0.2, -0.15) is 4.98 Å². The Balaban J connectivity index is 1.60. The molecule has 4 rings (SSSR count). The van der Waals surface area contributed by atoms with Gasteiger partial charge in [0.05, 0.1) is 11.3 Å². The van der Waals surface area contributed by atoms with E-state index in [9.17, 15) is 4.79 Å². The summed E-state index contributed by atoms with van der Waals surface area (Å²) in [6, 6.07) is 14.5. The van der Waals surface area contributed by atoms with Crippen LogP contribution in [0.15, 0.2) is 53.1 Å². The second-order valence-corrected chi connectivity index (χ2v) is 6.40. The molecule has 1 fully saturated rings. The summed E-state index contributed by atoms with van der Waals surface area (Å²) in [5, 5.41) is 7.56. The van der Waals surface area contributed by atoms with E-state index in [0.29, 0.717) is 34.6 Å². The van der Waals surface area contributed by atoms with Gasteiger partial charge in [0.2, 0.25) is 5.82 Å². The Hall–Kier alpha value is -2.70. The molecule has 1 amide bonds. The Labute approximate surface area is 155 Å². The van der Waals surface area contributed by atoms with Crippen molar-refractivity contribution >= 4 is 23.2 Å². The Morgan fingerprint density at radius 2 is 1.96 bits per heavy atom. The third-order valence-corrected chi connectivity index (χ3v) is 4.42. The third-order valence-electron chi connectivity index (χ3n) is 4.17. The predicted octanol–water partition coefficient (Wildman–Crippen LogP) is 4.17. The van der Waals surface area contributed by atoms with Crippen molar-refractivity contribution in [2.24, 2.45) is 0 Å². The standard InChI is InChI=1S/C19H16ClN3O3/c20-13-9-7-12(8-10-13)17-22-19(26-23-17)14-4-1-2-5-15(14)21-18(24)16-6-3-11-25-16/h1-2,4-5,7-10,16H,3,6,11H2,(H,21,24). The molecule has 1 aromatic heterocycles. The van der Waals surface area contributed by atoms with Crippen molar-refractivity contribution in [3.05, 3.63) is 53.6 Å². The van der Waals surface area contributed by atoms with Crippen molar-refractivity contribution in [3.8, 4) is 22.8 Å². The fourth-order valence-corrected chi connectivity index (χ4v) is 2.95. The topological polar surface area (TPSA) is 77.3 Å². The van der Waals surface area contributed by atoms with E-state index in [1.165, 1.54) is 0 Å². The van der Waals surface area contributed by atoms with Gasteiger partial charge in [0.25, 0.3) is 11.8 Å². The van der Waals surface area contributed by atoms with Crippen molar-refractivity contribution in [2.45, 2.75) is 18.9 Å². The average Bonchev–Trinajstić information content (AvgIpc) is 3.35. The van der Waals surface area contributed by atoms with Crippen LogP contribution in [0.1, 0.15) is 12.8 Å². The number of nitrogens with one attached hydrogen (secondary N) is 1. The van der Waals surface area contributed by atoms with E-state index in [1.54, 1.807) is 18.2 Å². The van der Waals surface area contributed by atoms with Crippen LogP contribution >= 0.6 is 11.6 Å². The van der Waals surface area contributed by atoms with Crippen molar-refractivity contribution in [1.29, 1.82) is 0 Å². The number of nitrogens with zero attached hydrogens (tertiary/aromatic N) is 2. The van der Waals surface area contributed by atoms with Gasteiger partial charge in [0, 0.05) is 17.2 Å². The van der Waals surface area contributed by atoms with Crippen LogP contribution in [0.3, 0.4) is 0 Å². The smallest absolute Gasteiger partial charge is 0.260 e. The van der Waals surface area contributed by atoms with E-state index in [0.717, 1.165) is 18.4 Å². The van der Waals surface area contributed by atoms with Crippen LogP contribution in [0.25, 0.3) is 22.8 Å². The van der Waals surface area contributed by atoms with Crippen LogP contribution in [-0.4, -0.2) is 28.8 Å². The molecule has 0 spiro atoms. The monoisotopic (exact) mass is 369 g/mol. The fourth-order valence-electron chi connectivity index (χ4n) is 2.83. The van der Waals surface area contributed by atoms with Crippen molar-refractivity contribution < 1.29 is 14.1 Å². The van der Waals surface area contributed by atoms with Gasteiger partial charge in [0.15, 0.2) is 0 Å². The van der Waals surface area contributed by atoms with Gasteiger partial charge >= 0.3 is 0 Å². The van der Waals surface area contributed by atoms with Gasteiger partial charge < -0.3 is 14.6 Å². The number of hydrogen-bond acceptors (Lipinski definition) is 5. The Morgan fingerprint density at radius 3 is 2.73 bits per heavy atom. The first-order chi connectivity index (χ1) is 12.7. The second-order valence-electron chi connectivity index (χ2n) is 5.97. The van der Waals surface area contributed by atoms with E-state index in [4.69, 9.17) is 20.9 Å². The molecule has 0 radical (unpaired) electrons. The molecular weight excluding hydrogens is 354 g/mol. The Kier molecular flexibility index (Phi) is 4.69. The number of anilines is 1. The highest BCUT2D eigenvalue weighted by Crippen LogP contribution is 2.29. The summed E-state index contributed by atoms with van der Waals surface area (Å²) < 4.78 is 10.8. The number of aromatic nitrogens is 2. The minimum Gasteiger partial charge on any atom is -0.368 e. The number of rotatable bonds is 4. The summed E-state index contributed by atoms with van der Waals surface area (Å²) in [6.07, 6.45) is 1.22. The van der Waals surface area contributed by atoms with Gasteiger partial charge in [-0.3, -0.25) is 4.79 Å². The van der Waals surface area contributed by atoms with Gasteiger partial charge in [-0.25, -0.2) is 0 Å². The Bertz CT molecular complexity index is 918. The number of para-hydroxylation sites is 1. The minimum atomic E-state index is -0.407. The summed E-state index contributed by atoms with van der Waals surface area (Å²) in [5.74, 6) is 0.627. The van der Waals surface area contributed by atoms with Crippen LogP contribution < -0.4 is 5.32 Å². The first kappa shape index (κ1) is 16.8. The quantitative estimate of drug-likeness (QED) is 0.746. The maximum absolute atomic E-state index is 12.3. The SMILES string of the molecule is O=C(Nc1ccccc1-c1nc(-c2ccc(Cl)cc2)no1)C1CCCO1. The van der Waals surface area contributed by atoms with Gasteiger partial charge in [-0.15, -0.1) is 0 Å². The third kappa shape index (κ3) is 3.47. The molecule has 1 atom stereocenters. The van der Waals surface area contributed by atoms with Crippen molar-refractivity contribution in [2.75, 3.05) is 11.9 Å². The second kappa shape index (κ2) is 7.27. The zero-order chi connectivity index (χ0) is 17.9. The summed E-state index contributed by atoms with van der Waals surface area (Å²) in [6.45, 7) is 0.619. The molecule has 1 aliphatic heterocycles. The fraction of sp³-hybridized carbons (Fsp3) is 0.211. The van der Waals surface area contributed by atoms with Crippen molar-refractivity contribution in [1.82, 2.24) is 10.1 Å². The number of benzene rings is 2. The molecule has 1 unspecified atom stereocenters. The molecule has 1 aliphatic rings. The molecule has 6 nitrogen and oxygen atoms in total. The molecular formula is C19H16ClN3O3. The normalized spacial score (nSPS) is 16.6. The molecule has 7 heteroatoms. The summed E-state index contributed by atoms with van der Waals surface area (Å²) >= 11 is 5.91. The van der Waals surface area contributed by atoms with E-state index in [-0.39, 0.29) is 5.91 Å². The molecule has 1 N–H and O–H groups in total. The van der Waals surface area contributed by atoms with E-state index in [2.05, 4.69) is 15.5 Å². The Morgan fingerprint density at radius 1 is 1.15 bits per heavy atom. The zero-order valence-corrected chi connectivity index (χ0v) is 14.6. The molecule has 2 aromatic carbocycles. The van der Waals surface area contributed by atoms with Gasteiger partial charge in [0.1, 0.15) is 6.10 Å². The first-order valence-electron chi connectivity index (χ1n) is 8.32. The molecule has 132 valence electrons. The minimum absolute atomic E-state index is 0.160. The molecule has 3 aromatic rings. The van der Waals surface area contributed by atoms with E-state index in [1.807, 2.05) is 30.3 Å². The molecule has 2 heterocycles. The molecule has 0 aliphatic carbocycles. The number of carbonyl (C=O) groups excluding carboxylic acids is 1. The van der Waals surface area contributed by atoms with E-state index >= 15 is 0 Å². The lowest BCUT2D eigenvalue weighted by Crippen LogP contribution is -2.27. The number of halogens is 1. The maximum atomic E-state index is 12.3. The lowest BCUT2D eigenvalue weighted by atomic mass is 10.1. The van der Waals surface area contributed by atoms with Gasteiger partial charge in [-0.1, -0.05) is 28.9 Å². The van der Waals surface area contributed by atoms with Crippen LogP contribution in [-0.2, 0) is 9.53 Å². The summed E-state index contributed by atoms with van der Waals surface area (Å²) in [7, 11) is 0. The van der Waals surface area contributed by atoms with Gasteiger partial charge in [-0.05, 0) is 49.2 Å². The average molecular weight is 370 g/mol. The highest BCUT2D eigenvalue weighted by atomic mass is 35.5. The molecule has 0 bridgehead atoms. The lowest BCUT2D eigenvalue weighted by Gasteiger charge is -2.12. The zero-order valence-electron chi connectivity index (χ0n) is 13.8. The number of hydrogen-bond donors (Lipinski definition) is 1. The highest BCUT2D eigenvalue weighted by Gasteiger charge is 2.25. The molecule has 0 saturated carbocycles. The number of amides is 1. The first-order valence-corrected chi connectivity index (χ1v) is 8.70. The van der Waals surface area contributed by atoms with Crippen molar-refractivity contribution in [3.63, 3.8) is 0 Å². The molecule has 1 saturated heterocycles. The number of carbonyl (C=O) groups is 1. The maximum Gasteiger partial charge on any atom is 0.260 e. The number of ether oxygens (including phenoxy) is 1. The summed E-state index contributed by atoms with van der Waals surface area (Å²) in [4.78, 5) is 16.8. The van der Waals surface area contributed by atoms with Crippen LogP contribution in [0, 0.1) is 0 Å².